The molecular weight excluding hydrogens is 168 g/mol. The van der Waals surface area contributed by atoms with Gasteiger partial charge in [0.2, 0.25) is 0 Å². The van der Waals surface area contributed by atoms with Gasteiger partial charge in [0.15, 0.2) is 0 Å². The van der Waals surface area contributed by atoms with Crippen molar-refractivity contribution in [2.45, 2.75) is 13.8 Å². The summed E-state index contributed by atoms with van der Waals surface area (Å²) in [5.74, 6) is -0.0124. The van der Waals surface area contributed by atoms with Crippen molar-refractivity contribution >= 4 is 11.7 Å². The van der Waals surface area contributed by atoms with Crippen LogP contribution in [0.15, 0.2) is 12.3 Å². The van der Waals surface area contributed by atoms with Crippen LogP contribution in [-0.2, 0) is 4.74 Å². The van der Waals surface area contributed by atoms with Crippen molar-refractivity contribution in [2.24, 2.45) is 5.92 Å². The van der Waals surface area contributed by atoms with Gasteiger partial charge >= 0.3 is 5.97 Å². The van der Waals surface area contributed by atoms with Crippen LogP contribution in [0.25, 0.3) is 0 Å². The van der Waals surface area contributed by atoms with E-state index in [1.165, 1.54) is 0 Å². The van der Waals surface area contributed by atoms with Crippen molar-refractivity contribution in [3.8, 4) is 0 Å². The zero-order valence-electron chi connectivity index (χ0n) is 7.83. The highest BCUT2D eigenvalue weighted by atomic mass is 16.5. The summed E-state index contributed by atoms with van der Waals surface area (Å²) in [4.78, 5) is 14.0. The van der Waals surface area contributed by atoms with Crippen LogP contribution in [0.1, 0.15) is 24.3 Å². The third-order valence-electron chi connectivity index (χ3n) is 1.47. The number of carbonyl (C=O) groups excluding carboxylic acids is 1. The van der Waals surface area contributed by atoms with Gasteiger partial charge in [-0.3, -0.25) is 0 Å². The Morgan fingerprint density at radius 1 is 1.69 bits per heavy atom. The number of nitrogens with two attached hydrogens (primary N) is 1. The maximum absolute atomic E-state index is 11.3. The quantitative estimate of drug-likeness (QED) is 0.694. The summed E-state index contributed by atoms with van der Waals surface area (Å²) in [7, 11) is 0. The Balaban J connectivity index is 2.49. The Morgan fingerprint density at radius 2 is 2.38 bits per heavy atom. The van der Waals surface area contributed by atoms with Crippen molar-refractivity contribution in [1.29, 1.82) is 0 Å². The van der Waals surface area contributed by atoms with Gasteiger partial charge in [0.1, 0.15) is 5.69 Å². The molecule has 0 atom stereocenters. The highest BCUT2D eigenvalue weighted by Crippen LogP contribution is 2.06. The number of nitrogens with one attached hydrogen (secondary N) is 1. The SMILES string of the molecule is CC(C)COC(=O)c1cc(N)c[nH]1. The molecule has 0 aliphatic carbocycles. The molecule has 0 unspecified atom stereocenters. The van der Waals surface area contributed by atoms with E-state index in [9.17, 15) is 4.79 Å². The highest BCUT2D eigenvalue weighted by Gasteiger charge is 2.09. The smallest absolute Gasteiger partial charge is 0.354 e. The molecule has 0 radical (unpaired) electrons. The fourth-order valence-electron chi connectivity index (χ4n) is 0.849. The van der Waals surface area contributed by atoms with E-state index >= 15 is 0 Å². The van der Waals surface area contributed by atoms with Gasteiger partial charge in [0.05, 0.1) is 12.3 Å². The van der Waals surface area contributed by atoms with Crippen LogP contribution in [-0.4, -0.2) is 17.6 Å². The van der Waals surface area contributed by atoms with Gasteiger partial charge in [-0.15, -0.1) is 0 Å². The lowest BCUT2D eigenvalue weighted by Crippen LogP contribution is -2.10. The lowest BCUT2D eigenvalue weighted by Gasteiger charge is -2.05. The molecule has 0 saturated heterocycles. The molecule has 1 aromatic heterocycles. The first-order valence-corrected chi connectivity index (χ1v) is 4.20. The lowest BCUT2D eigenvalue weighted by atomic mass is 10.2. The van der Waals surface area contributed by atoms with Gasteiger partial charge in [0, 0.05) is 6.20 Å². The summed E-state index contributed by atoms with van der Waals surface area (Å²) in [6.07, 6.45) is 1.56. The lowest BCUT2D eigenvalue weighted by molar-refractivity contribution is 0.0453. The van der Waals surface area contributed by atoms with Gasteiger partial charge in [-0.1, -0.05) is 13.8 Å². The van der Waals surface area contributed by atoms with Crippen molar-refractivity contribution in [3.63, 3.8) is 0 Å². The predicted molar refractivity (Wildman–Crippen MR) is 50.3 cm³/mol. The number of nitrogen functional groups attached to an aromatic ring is 1. The second kappa shape index (κ2) is 3.98. The highest BCUT2D eigenvalue weighted by molar-refractivity contribution is 5.88. The number of rotatable bonds is 3. The maximum atomic E-state index is 11.3. The summed E-state index contributed by atoms with van der Waals surface area (Å²) in [5.41, 5.74) is 6.37. The van der Waals surface area contributed by atoms with Gasteiger partial charge in [-0.05, 0) is 12.0 Å². The van der Waals surface area contributed by atoms with Crippen LogP contribution in [0.2, 0.25) is 0 Å². The van der Waals surface area contributed by atoms with Crippen molar-refractivity contribution in [3.05, 3.63) is 18.0 Å². The zero-order chi connectivity index (χ0) is 9.84. The zero-order valence-corrected chi connectivity index (χ0v) is 7.83. The number of carbonyl (C=O) groups is 1. The van der Waals surface area contributed by atoms with Crippen LogP contribution < -0.4 is 5.73 Å². The summed E-state index contributed by atoms with van der Waals surface area (Å²) in [6.45, 7) is 4.39. The topological polar surface area (TPSA) is 68.1 Å². The number of aromatic amines is 1. The van der Waals surface area contributed by atoms with Crippen molar-refractivity contribution in [1.82, 2.24) is 4.98 Å². The largest absolute Gasteiger partial charge is 0.461 e. The molecule has 0 aromatic carbocycles. The number of esters is 1. The number of anilines is 1. The molecule has 0 spiro atoms. The Kier molecular flexibility index (Phi) is 2.95. The summed E-state index contributed by atoms with van der Waals surface area (Å²) < 4.78 is 4.98. The third kappa shape index (κ3) is 2.82. The molecule has 1 rings (SSSR count). The van der Waals surface area contributed by atoms with Crippen molar-refractivity contribution < 1.29 is 9.53 Å². The molecule has 72 valence electrons. The van der Waals surface area contributed by atoms with Gasteiger partial charge in [0.25, 0.3) is 0 Å². The molecule has 3 N–H and O–H groups in total. The Morgan fingerprint density at radius 3 is 2.85 bits per heavy atom. The monoisotopic (exact) mass is 182 g/mol. The normalized spacial score (nSPS) is 10.4. The van der Waals surface area contributed by atoms with E-state index in [-0.39, 0.29) is 5.97 Å². The van der Waals surface area contributed by atoms with Crippen LogP contribution in [0, 0.1) is 5.92 Å². The number of hydrogen-bond donors (Lipinski definition) is 2. The molecule has 1 heterocycles. The van der Waals surface area contributed by atoms with E-state index < -0.39 is 0 Å². The first-order valence-electron chi connectivity index (χ1n) is 4.20. The van der Waals surface area contributed by atoms with Crippen LogP contribution in [0.3, 0.4) is 0 Å². The minimum atomic E-state index is -0.356. The molecule has 0 saturated carbocycles. The minimum absolute atomic E-state index is 0.344. The molecule has 4 heteroatoms. The third-order valence-corrected chi connectivity index (χ3v) is 1.47. The first-order chi connectivity index (χ1) is 6.09. The molecule has 0 aliphatic rings. The Bertz CT molecular complexity index is 292. The molecule has 0 fully saturated rings. The van der Waals surface area contributed by atoms with E-state index in [1.807, 2.05) is 13.8 Å². The van der Waals surface area contributed by atoms with Crippen LogP contribution >= 0.6 is 0 Å². The van der Waals surface area contributed by atoms with Gasteiger partial charge in [-0.2, -0.15) is 0 Å². The maximum Gasteiger partial charge on any atom is 0.354 e. The van der Waals surface area contributed by atoms with Crippen molar-refractivity contribution in [2.75, 3.05) is 12.3 Å². The molecule has 4 nitrogen and oxygen atoms in total. The van der Waals surface area contributed by atoms with Gasteiger partial charge < -0.3 is 15.5 Å². The summed E-state index contributed by atoms with van der Waals surface area (Å²) in [6, 6.07) is 1.56. The molecule has 1 aromatic rings. The number of ether oxygens (including phenoxy) is 1. The van der Waals surface area contributed by atoms with E-state index in [4.69, 9.17) is 10.5 Å². The second-order valence-electron chi connectivity index (χ2n) is 3.34. The Labute approximate surface area is 77.1 Å². The minimum Gasteiger partial charge on any atom is -0.461 e. The first kappa shape index (κ1) is 9.64. The van der Waals surface area contributed by atoms with E-state index in [1.54, 1.807) is 12.3 Å². The molecule has 0 aliphatic heterocycles. The van der Waals surface area contributed by atoms with Gasteiger partial charge in [-0.25, -0.2) is 4.79 Å². The summed E-state index contributed by atoms with van der Waals surface area (Å²) >= 11 is 0. The fraction of sp³-hybridized carbons (Fsp3) is 0.444. The average molecular weight is 182 g/mol. The number of hydrogen-bond acceptors (Lipinski definition) is 3. The fourth-order valence-corrected chi connectivity index (χ4v) is 0.849. The van der Waals surface area contributed by atoms with E-state index in [2.05, 4.69) is 4.98 Å². The molecule has 13 heavy (non-hydrogen) atoms. The number of aromatic nitrogens is 1. The predicted octanol–water partition coefficient (Wildman–Crippen LogP) is 1.41. The van der Waals surface area contributed by atoms with Crippen LogP contribution in [0.5, 0.6) is 0 Å². The molecule has 0 amide bonds. The standard InChI is InChI=1S/C9H14N2O2/c1-6(2)5-13-9(12)8-3-7(10)4-11-8/h3-4,6,11H,5,10H2,1-2H3. The van der Waals surface area contributed by atoms with E-state index in [0.717, 1.165) is 0 Å². The average Bonchev–Trinajstić information content (AvgIpc) is 2.47. The summed E-state index contributed by atoms with van der Waals surface area (Å²) in [5, 5.41) is 0. The van der Waals surface area contributed by atoms with E-state index in [0.29, 0.717) is 23.9 Å². The second-order valence-corrected chi connectivity index (χ2v) is 3.34. The number of H-pyrrole nitrogens is 1. The van der Waals surface area contributed by atoms with Crippen LogP contribution in [0.4, 0.5) is 5.69 Å². The Hall–Kier alpha value is -1.45. The molecular formula is C9H14N2O2. The molecule has 0 bridgehead atoms.